The van der Waals surface area contributed by atoms with E-state index in [0.29, 0.717) is 6.42 Å². The average Bonchev–Trinajstić information content (AvgIpc) is 2.57. The fraction of sp³-hybridized carbons (Fsp3) is 0.500. The van der Waals surface area contributed by atoms with Crippen molar-refractivity contribution in [2.75, 3.05) is 13.1 Å². The summed E-state index contributed by atoms with van der Waals surface area (Å²) >= 11 is 0. The number of carbonyl (C=O) groups excluding carboxylic acids is 3. The summed E-state index contributed by atoms with van der Waals surface area (Å²) in [6.07, 6.45) is 0.438. The summed E-state index contributed by atoms with van der Waals surface area (Å²) in [5, 5.41) is 20.2. The molecule has 0 aliphatic heterocycles. The van der Waals surface area contributed by atoms with E-state index >= 15 is 0 Å². The second-order valence-corrected chi connectivity index (χ2v) is 6.72. The number of primary amides is 1. The monoisotopic (exact) mass is 379 g/mol. The molecule has 0 saturated heterocycles. The number of hydrogen-bond donors (Lipinski definition) is 6. The molecule has 0 fully saturated rings. The smallest absolute Gasteiger partial charge is 0.315 e. The lowest BCUT2D eigenvalue weighted by atomic mass is 10.0. The van der Waals surface area contributed by atoms with Crippen molar-refractivity contribution in [1.82, 2.24) is 21.3 Å². The summed E-state index contributed by atoms with van der Waals surface area (Å²) < 4.78 is 0. The Bertz CT molecular complexity index is 633. The molecular formula is C18H29N5O4. The van der Waals surface area contributed by atoms with Crippen LogP contribution in [0.25, 0.3) is 0 Å². The topological polar surface area (TPSA) is 146 Å². The fourth-order valence-electron chi connectivity index (χ4n) is 2.47. The minimum absolute atomic E-state index is 0.147. The summed E-state index contributed by atoms with van der Waals surface area (Å²) in [6, 6.07) is 4.88. The van der Waals surface area contributed by atoms with Crippen LogP contribution in [0.5, 0.6) is 5.75 Å². The van der Waals surface area contributed by atoms with Crippen LogP contribution in [0.1, 0.15) is 26.3 Å². The molecule has 150 valence electrons. The Balaban J connectivity index is 2.64. The van der Waals surface area contributed by atoms with Crippen molar-refractivity contribution in [2.45, 2.75) is 39.3 Å². The van der Waals surface area contributed by atoms with Gasteiger partial charge in [-0.2, -0.15) is 0 Å². The van der Waals surface area contributed by atoms with Crippen molar-refractivity contribution < 1.29 is 19.5 Å². The maximum Gasteiger partial charge on any atom is 0.315 e. The van der Waals surface area contributed by atoms with Crippen LogP contribution < -0.4 is 27.0 Å². The molecule has 0 bridgehead atoms. The Morgan fingerprint density at radius 3 is 2.19 bits per heavy atom. The van der Waals surface area contributed by atoms with Crippen LogP contribution in [0.15, 0.2) is 24.3 Å². The molecular weight excluding hydrogens is 350 g/mol. The number of phenols is 1. The Morgan fingerprint density at radius 1 is 1.04 bits per heavy atom. The van der Waals surface area contributed by atoms with Gasteiger partial charge in [-0.3, -0.25) is 4.79 Å². The van der Waals surface area contributed by atoms with Gasteiger partial charge in [-0.15, -0.1) is 0 Å². The molecule has 0 aromatic heterocycles. The molecule has 1 aromatic rings. The average molecular weight is 379 g/mol. The van der Waals surface area contributed by atoms with Gasteiger partial charge in [-0.1, -0.05) is 26.0 Å². The molecule has 0 spiro atoms. The van der Waals surface area contributed by atoms with Gasteiger partial charge in [-0.05, 0) is 30.0 Å². The third kappa shape index (κ3) is 9.34. The fourth-order valence-corrected chi connectivity index (χ4v) is 2.47. The number of urea groups is 2. The van der Waals surface area contributed by atoms with Crippen LogP contribution in [-0.4, -0.2) is 48.2 Å². The van der Waals surface area contributed by atoms with Crippen LogP contribution in [0, 0.1) is 5.92 Å². The maximum atomic E-state index is 12.2. The first-order valence-electron chi connectivity index (χ1n) is 8.80. The second-order valence-electron chi connectivity index (χ2n) is 6.72. The highest BCUT2D eigenvalue weighted by atomic mass is 16.3. The van der Waals surface area contributed by atoms with E-state index in [1.54, 1.807) is 24.3 Å². The zero-order valence-electron chi connectivity index (χ0n) is 15.9. The number of nitrogens with one attached hydrogen (secondary N) is 4. The SMILES string of the molecule is CC(=O)N[C@H](CNC(=O)N[C@H](CNC(N)=O)Cc1ccc(O)cc1)C(C)C. The molecule has 0 aliphatic carbocycles. The second kappa shape index (κ2) is 10.9. The van der Waals surface area contributed by atoms with Gasteiger partial charge in [0, 0.05) is 26.1 Å². The number of carbonyl (C=O) groups is 3. The summed E-state index contributed by atoms with van der Waals surface area (Å²) in [4.78, 5) is 34.5. The highest BCUT2D eigenvalue weighted by Gasteiger charge is 2.18. The number of benzene rings is 1. The van der Waals surface area contributed by atoms with E-state index < -0.39 is 18.1 Å². The Hall–Kier alpha value is -2.97. The summed E-state index contributed by atoms with van der Waals surface area (Å²) in [5.74, 6) is 0.138. The number of rotatable bonds is 9. The summed E-state index contributed by atoms with van der Waals surface area (Å²) in [6.45, 7) is 5.76. The first kappa shape index (κ1) is 22.1. The molecule has 0 aliphatic rings. The van der Waals surface area contributed by atoms with Crippen molar-refractivity contribution in [2.24, 2.45) is 11.7 Å². The zero-order valence-corrected chi connectivity index (χ0v) is 15.9. The Labute approximate surface area is 159 Å². The number of phenolic OH excluding ortho intramolecular Hbond substituents is 1. The van der Waals surface area contributed by atoms with Crippen LogP contribution in [0.3, 0.4) is 0 Å². The van der Waals surface area contributed by atoms with Crippen LogP contribution in [0.2, 0.25) is 0 Å². The third-order valence-electron chi connectivity index (χ3n) is 3.95. The van der Waals surface area contributed by atoms with Gasteiger partial charge in [0.25, 0.3) is 0 Å². The van der Waals surface area contributed by atoms with E-state index in [1.165, 1.54) is 6.92 Å². The van der Waals surface area contributed by atoms with Gasteiger partial charge in [0.05, 0.1) is 6.04 Å². The van der Waals surface area contributed by atoms with Crippen molar-refractivity contribution in [3.05, 3.63) is 29.8 Å². The molecule has 9 heteroatoms. The van der Waals surface area contributed by atoms with Gasteiger partial charge >= 0.3 is 12.1 Å². The molecule has 27 heavy (non-hydrogen) atoms. The van der Waals surface area contributed by atoms with E-state index in [9.17, 15) is 19.5 Å². The largest absolute Gasteiger partial charge is 0.508 e. The quantitative estimate of drug-likeness (QED) is 0.369. The molecule has 1 rings (SSSR count). The minimum Gasteiger partial charge on any atom is -0.508 e. The molecule has 0 radical (unpaired) electrons. The molecule has 7 N–H and O–H groups in total. The molecule has 2 atom stereocenters. The van der Waals surface area contributed by atoms with E-state index in [0.717, 1.165) is 5.56 Å². The van der Waals surface area contributed by atoms with E-state index in [1.807, 2.05) is 13.8 Å². The normalized spacial score (nSPS) is 12.7. The maximum absolute atomic E-state index is 12.2. The van der Waals surface area contributed by atoms with E-state index in [-0.39, 0.29) is 36.7 Å². The Morgan fingerprint density at radius 2 is 1.67 bits per heavy atom. The van der Waals surface area contributed by atoms with Gasteiger partial charge in [0.1, 0.15) is 5.75 Å². The van der Waals surface area contributed by atoms with Crippen molar-refractivity contribution in [3.8, 4) is 5.75 Å². The van der Waals surface area contributed by atoms with E-state index in [2.05, 4.69) is 21.3 Å². The first-order chi connectivity index (χ1) is 12.7. The zero-order chi connectivity index (χ0) is 20.4. The number of nitrogens with two attached hydrogens (primary N) is 1. The number of hydrogen-bond acceptors (Lipinski definition) is 4. The molecule has 0 unspecified atom stereocenters. The summed E-state index contributed by atoms with van der Waals surface area (Å²) in [5.41, 5.74) is 5.99. The van der Waals surface area contributed by atoms with Gasteiger partial charge in [0.15, 0.2) is 0 Å². The highest BCUT2D eigenvalue weighted by molar-refractivity contribution is 5.75. The van der Waals surface area contributed by atoms with Crippen LogP contribution in [-0.2, 0) is 11.2 Å². The van der Waals surface area contributed by atoms with Gasteiger partial charge in [-0.25, -0.2) is 9.59 Å². The lowest BCUT2D eigenvalue weighted by molar-refractivity contribution is -0.119. The number of aromatic hydroxyl groups is 1. The highest BCUT2D eigenvalue weighted by Crippen LogP contribution is 2.11. The molecule has 0 saturated carbocycles. The van der Waals surface area contributed by atoms with E-state index in [4.69, 9.17) is 5.73 Å². The molecule has 0 heterocycles. The summed E-state index contributed by atoms with van der Waals surface area (Å²) in [7, 11) is 0. The van der Waals surface area contributed by atoms with Crippen LogP contribution >= 0.6 is 0 Å². The van der Waals surface area contributed by atoms with Gasteiger partial charge in [0.2, 0.25) is 5.91 Å². The standard InChI is InChI=1S/C18H29N5O4/c1-11(2)16(22-12(3)24)10-21-18(27)23-14(9-20-17(19)26)8-13-4-6-15(25)7-5-13/h4-7,11,14,16,25H,8-10H2,1-3H3,(H,22,24)(H3,19,20,26)(H2,21,23,27)/t14-,16+/m0/s1. The first-order valence-corrected chi connectivity index (χ1v) is 8.80. The lowest BCUT2D eigenvalue weighted by Crippen LogP contribution is -2.52. The lowest BCUT2D eigenvalue weighted by Gasteiger charge is -2.24. The predicted molar refractivity (Wildman–Crippen MR) is 102 cm³/mol. The molecule has 5 amide bonds. The van der Waals surface area contributed by atoms with Crippen molar-refractivity contribution in [1.29, 1.82) is 0 Å². The minimum atomic E-state index is -0.682. The third-order valence-corrected chi connectivity index (χ3v) is 3.95. The number of amides is 5. The van der Waals surface area contributed by atoms with Crippen LogP contribution in [0.4, 0.5) is 9.59 Å². The molecule has 1 aromatic carbocycles. The Kier molecular flexibility index (Phi) is 8.91. The molecule has 9 nitrogen and oxygen atoms in total. The van der Waals surface area contributed by atoms with Crippen molar-refractivity contribution >= 4 is 18.0 Å². The predicted octanol–water partition coefficient (Wildman–Crippen LogP) is 0.432. The van der Waals surface area contributed by atoms with Gasteiger partial charge < -0.3 is 32.1 Å². The van der Waals surface area contributed by atoms with Crippen molar-refractivity contribution in [3.63, 3.8) is 0 Å².